The second kappa shape index (κ2) is 7.19. The number of hydrogen-bond acceptors (Lipinski definition) is 6. The van der Waals surface area contributed by atoms with E-state index in [1.807, 2.05) is 0 Å². The number of amides is 1. The van der Waals surface area contributed by atoms with Gasteiger partial charge in [0.25, 0.3) is 0 Å². The van der Waals surface area contributed by atoms with Crippen LogP contribution in [0, 0.1) is 6.92 Å². The van der Waals surface area contributed by atoms with Gasteiger partial charge in [-0.1, -0.05) is 0 Å². The predicted molar refractivity (Wildman–Crippen MR) is 95.0 cm³/mol. The number of methoxy groups -OCH3 is 1. The monoisotopic (exact) mass is 359 g/mol. The summed E-state index contributed by atoms with van der Waals surface area (Å²) in [5, 5.41) is 10.4. The molecule has 0 spiro atoms. The molecular formula is C19H21NO6. The lowest BCUT2D eigenvalue weighted by Gasteiger charge is -2.26. The topological polar surface area (TPSA) is 97.0 Å². The highest BCUT2D eigenvalue weighted by Crippen LogP contribution is 2.36. The van der Waals surface area contributed by atoms with Gasteiger partial charge in [-0.2, -0.15) is 0 Å². The second-order valence-electron chi connectivity index (χ2n) is 6.44. The van der Waals surface area contributed by atoms with Crippen LogP contribution in [0.2, 0.25) is 0 Å². The Bertz CT molecular complexity index is 924. The minimum Gasteiger partial charge on any atom is -0.507 e. The normalized spacial score (nSPS) is 14.5. The van der Waals surface area contributed by atoms with Gasteiger partial charge in [0.15, 0.2) is 11.9 Å². The molecule has 2 aromatic rings. The third-order valence-electron chi connectivity index (χ3n) is 4.91. The van der Waals surface area contributed by atoms with Crippen molar-refractivity contribution in [2.24, 2.45) is 0 Å². The molecule has 7 heteroatoms. The Balaban J connectivity index is 2.12. The van der Waals surface area contributed by atoms with E-state index in [9.17, 15) is 19.5 Å². The number of ether oxygens (including phenoxy) is 1. The lowest BCUT2D eigenvalue weighted by atomic mass is 9.99. The smallest absolute Gasteiger partial charge is 0.340 e. The first-order valence-electron chi connectivity index (χ1n) is 8.57. The molecule has 0 saturated carbocycles. The molecule has 1 aromatic heterocycles. The zero-order valence-electron chi connectivity index (χ0n) is 14.8. The van der Waals surface area contributed by atoms with E-state index in [2.05, 4.69) is 0 Å². The number of piperidine rings is 1. The highest BCUT2D eigenvalue weighted by molar-refractivity contribution is 6.02. The number of aromatic hydroxyl groups is 1. The average Bonchev–Trinajstić information content (AvgIpc) is 2.64. The zero-order chi connectivity index (χ0) is 18.8. The molecule has 0 bridgehead atoms. The van der Waals surface area contributed by atoms with E-state index >= 15 is 0 Å². The number of carbonyl (C=O) groups is 2. The average molecular weight is 359 g/mol. The standard InChI is InChI=1S/C19H21NO6/c1-11-12(8-16(23)20-6-4-3-5-7-20)19(24)26-18-13(10-21)14(22)9-15(25-2)17(11)18/h9-10,22H,3-8H2,1-2H3. The highest BCUT2D eigenvalue weighted by Gasteiger charge is 2.24. The minimum atomic E-state index is -0.684. The molecule has 1 fully saturated rings. The summed E-state index contributed by atoms with van der Waals surface area (Å²) in [7, 11) is 1.41. The fraction of sp³-hybridized carbons (Fsp3) is 0.421. The summed E-state index contributed by atoms with van der Waals surface area (Å²) in [6.45, 7) is 3.08. The third-order valence-corrected chi connectivity index (χ3v) is 4.91. The molecule has 1 amide bonds. The van der Waals surface area contributed by atoms with Gasteiger partial charge in [-0.05, 0) is 31.7 Å². The predicted octanol–water partition coefficient (Wildman–Crippen LogP) is 2.18. The number of likely N-dealkylation sites (tertiary alicyclic amines) is 1. The van der Waals surface area contributed by atoms with Crippen LogP contribution < -0.4 is 10.4 Å². The van der Waals surface area contributed by atoms with Crippen LogP contribution in [0.4, 0.5) is 0 Å². The van der Waals surface area contributed by atoms with Gasteiger partial charge >= 0.3 is 5.63 Å². The van der Waals surface area contributed by atoms with Crippen molar-refractivity contribution in [1.82, 2.24) is 4.90 Å². The number of phenolic OH excluding ortho intramolecular Hbond substituents is 1. The second-order valence-corrected chi connectivity index (χ2v) is 6.44. The number of phenols is 1. The van der Waals surface area contributed by atoms with Crippen molar-refractivity contribution < 1.29 is 23.8 Å². The fourth-order valence-corrected chi connectivity index (χ4v) is 3.44. The highest BCUT2D eigenvalue weighted by atomic mass is 16.5. The van der Waals surface area contributed by atoms with Gasteiger partial charge in [0.1, 0.15) is 11.5 Å². The van der Waals surface area contributed by atoms with Crippen LogP contribution in [0.3, 0.4) is 0 Å². The lowest BCUT2D eigenvalue weighted by Crippen LogP contribution is -2.37. The van der Waals surface area contributed by atoms with E-state index in [-0.39, 0.29) is 40.5 Å². The Hall–Kier alpha value is -2.83. The Labute approximate surface area is 150 Å². The maximum atomic E-state index is 12.6. The largest absolute Gasteiger partial charge is 0.507 e. The Morgan fingerprint density at radius 2 is 2.04 bits per heavy atom. The number of hydrogen-bond donors (Lipinski definition) is 1. The number of fused-ring (bicyclic) bond motifs is 1. The maximum absolute atomic E-state index is 12.6. The van der Waals surface area contributed by atoms with Crippen LogP contribution >= 0.6 is 0 Å². The van der Waals surface area contributed by atoms with Gasteiger partial charge in [-0.25, -0.2) is 4.79 Å². The van der Waals surface area contributed by atoms with Crippen LogP contribution in [0.25, 0.3) is 11.0 Å². The molecule has 3 rings (SSSR count). The SMILES string of the molecule is COc1cc(O)c(C=O)c2oc(=O)c(CC(=O)N3CCCCC3)c(C)c12. The quantitative estimate of drug-likeness (QED) is 0.664. The Morgan fingerprint density at radius 3 is 2.65 bits per heavy atom. The number of aldehydes is 1. The number of nitrogens with zero attached hydrogens (tertiary/aromatic N) is 1. The van der Waals surface area contributed by atoms with E-state index in [1.54, 1.807) is 11.8 Å². The molecule has 0 radical (unpaired) electrons. The minimum absolute atomic E-state index is 0.0338. The summed E-state index contributed by atoms with van der Waals surface area (Å²) < 4.78 is 10.6. The summed E-state index contributed by atoms with van der Waals surface area (Å²) in [5.74, 6) is -0.173. The van der Waals surface area contributed by atoms with Crippen molar-refractivity contribution >= 4 is 23.2 Å². The van der Waals surface area contributed by atoms with Crippen molar-refractivity contribution in [3.05, 3.63) is 33.2 Å². The fourth-order valence-electron chi connectivity index (χ4n) is 3.44. The van der Waals surface area contributed by atoms with E-state index in [4.69, 9.17) is 9.15 Å². The van der Waals surface area contributed by atoms with Crippen molar-refractivity contribution in [3.63, 3.8) is 0 Å². The van der Waals surface area contributed by atoms with Gasteiger partial charge < -0.3 is 19.2 Å². The van der Waals surface area contributed by atoms with Crippen molar-refractivity contribution in [3.8, 4) is 11.5 Å². The number of rotatable bonds is 4. The van der Waals surface area contributed by atoms with Gasteiger partial charge in [0.2, 0.25) is 5.91 Å². The van der Waals surface area contributed by atoms with Crippen LogP contribution in [-0.2, 0) is 11.2 Å². The first-order chi connectivity index (χ1) is 12.5. The molecule has 1 N–H and O–H groups in total. The van der Waals surface area contributed by atoms with Gasteiger partial charge in [0.05, 0.1) is 30.0 Å². The summed E-state index contributed by atoms with van der Waals surface area (Å²) in [4.78, 5) is 38.1. The Kier molecular flexibility index (Phi) is 4.97. The molecule has 1 aliphatic rings. The molecule has 7 nitrogen and oxygen atoms in total. The molecule has 0 atom stereocenters. The van der Waals surface area contributed by atoms with E-state index in [1.165, 1.54) is 13.2 Å². The maximum Gasteiger partial charge on any atom is 0.340 e. The van der Waals surface area contributed by atoms with Crippen LogP contribution in [-0.4, -0.2) is 42.4 Å². The summed E-state index contributed by atoms with van der Waals surface area (Å²) >= 11 is 0. The molecule has 1 aliphatic heterocycles. The Morgan fingerprint density at radius 1 is 1.35 bits per heavy atom. The number of benzene rings is 1. The van der Waals surface area contributed by atoms with E-state index in [0.717, 1.165) is 19.3 Å². The molecule has 1 aromatic carbocycles. The van der Waals surface area contributed by atoms with Crippen molar-refractivity contribution in [2.75, 3.05) is 20.2 Å². The first-order valence-corrected chi connectivity index (χ1v) is 8.57. The molecule has 2 heterocycles. The summed E-state index contributed by atoms with van der Waals surface area (Å²) in [6, 6.07) is 1.30. The van der Waals surface area contributed by atoms with Gasteiger partial charge in [0, 0.05) is 19.2 Å². The summed E-state index contributed by atoms with van der Waals surface area (Å²) in [6.07, 6.45) is 3.40. The van der Waals surface area contributed by atoms with Crippen LogP contribution in [0.1, 0.15) is 40.7 Å². The van der Waals surface area contributed by atoms with Crippen molar-refractivity contribution in [1.29, 1.82) is 0 Å². The molecule has 0 aliphatic carbocycles. The van der Waals surface area contributed by atoms with Gasteiger partial charge in [-0.3, -0.25) is 9.59 Å². The van der Waals surface area contributed by atoms with Crippen LogP contribution in [0.15, 0.2) is 15.3 Å². The number of aryl methyl sites for hydroxylation is 1. The van der Waals surface area contributed by atoms with E-state index < -0.39 is 5.63 Å². The van der Waals surface area contributed by atoms with Crippen molar-refractivity contribution in [2.45, 2.75) is 32.6 Å². The first kappa shape index (κ1) is 18.0. The molecule has 1 saturated heterocycles. The molecule has 26 heavy (non-hydrogen) atoms. The lowest BCUT2D eigenvalue weighted by molar-refractivity contribution is -0.131. The third kappa shape index (κ3) is 3.05. The zero-order valence-corrected chi connectivity index (χ0v) is 14.8. The summed E-state index contributed by atoms with van der Waals surface area (Å²) in [5.41, 5.74) is -0.0741. The van der Waals surface area contributed by atoms with Gasteiger partial charge in [-0.15, -0.1) is 0 Å². The molecule has 0 unspecified atom stereocenters. The molecule has 138 valence electrons. The number of carbonyl (C=O) groups excluding carboxylic acids is 2. The van der Waals surface area contributed by atoms with Crippen LogP contribution in [0.5, 0.6) is 11.5 Å². The van der Waals surface area contributed by atoms with E-state index in [0.29, 0.717) is 30.3 Å². The molecular weight excluding hydrogens is 338 g/mol.